The lowest BCUT2D eigenvalue weighted by Crippen LogP contribution is -2.35. The molecule has 0 aromatic rings. The molecule has 0 radical (unpaired) electrons. The monoisotopic (exact) mass is 302 g/mol. The predicted octanol–water partition coefficient (Wildman–Crippen LogP) is 4.54. The molecule has 0 rings (SSSR count). The van der Waals surface area contributed by atoms with Gasteiger partial charge in [0.15, 0.2) is 0 Å². The molecule has 0 aliphatic rings. The minimum Gasteiger partial charge on any atom is -0.547 e. The number of hydrogen-bond donors (Lipinski definition) is 0. The summed E-state index contributed by atoms with van der Waals surface area (Å²) in [6.07, 6.45) is 3.62. The van der Waals surface area contributed by atoms with Crippen molar-refractivity contribution in [3.8, 4) is 0 Å². The molecule has 0 aliphatic carbocycles. The molecule has 0 bridgehead atoms. The van der Waals surface area contributed by atoms with Gasteiger partial charge in [0, 0.05) is 0 Å². The molecule has 5 heteroatoms. The Labute approximate surface area is 120 Å². The Morgan fingerprint density at radius 3 is 1.79 bits per heavy atom. The number of carbonyl (C=O) groups excluding carboxylic acids is 1. The van der Waals surface area contributed by atoms with Crippen LogP contribution in [0.4, 0.5) is 0 Å². The Morgan fingerprint density at radius 2 is 1.47 bits per heavy atom. The summed E-state index contributed by atoms with van der Waals surface area (Å²) in [7, 11) is -3.55. The Kier molecular flexibility index (Phi) is 7.07. The molecule has 0 saturated carbocycles. The van der Waals surface area contributed by atoms with Crippen LogP contribution in [0.3, 0.4) is 0 Å². The zero-order chi connectivity index (χ0) is 15.3. The van der Waals surface area contributed by atoms with Gasteiger partial charge in [-0.1, -0.05) is 13.8 Å². The van der Waals surface area contributed by atoms with Crippen molar-refractivity contribution in [2.45, 2.75) is 66.0 Å². The van der Waals surface area contributed by atoms with Crippen LogP contribution in [0.15, 0.2) is 11.8 Å². The molecule has 3 nitrogen and oxygen atoms in total. The maximum absolute atomic E-state index is 12.3. The molecule has 0 heterocycles. The molecule has 1 unspecified atom stereocenters. The second-order valence-electron chi connectivity index (χ2n) is 6.72. The number of carbonyl (C=O) groups is 1. The normalized spacial score (nSPS) is 15.1. The second kappa shape index (κ2) is 7.29. The van der Waals surface area contributed by atoms with Gasteiger partial charge >= 0.3 is 5.97 Å². The van der Waals surface area contributed by atoms with Gasteiger partial charge in [0.2, 0.25) is 16.6 Å². The molecule has 0 aliphatic heterocycles. The summed E-state index contributed by atoms with van der Waals surface area (Å²) in [6.45, 7) is 16.5. The SMILES string of the molecule is CC/C=C(/O[Si](C)(C)C)C(CC)C(=O)O[Si](C)(C)C. The Bertz CT molecular complexity index is 325. The molecule has 1 atom stereocenters. The van der Waals surface area contributed by atoms with Crippen LogP contribution < -0.4 is 0 Å². The van der Waals surface area contributed by atoms with Gasteiger partial charge in [0.25, 0.3) is 0 Å². The van der Waals surface area contributed by atoms with E-state index >= 15 is 0 Å². The van der Waals surface area contributed by atoms with Crippen LogP contribution in [0.5, 0.6) is 0 Å². The summed E-state index contributed by atoms with van der Waals surface area (Å²) in [5, 5.41) is 0. The molecule has 0 aromatic carbocycles. The minimum atomic E-state index is -1.85. The summed E-state index contributed by atoms with van der Waals surface area (Å²) < 4.78 is 11.7. The number of hydrogen-bond acceptors (Lipinski definition) is 3. The van der Waals surface area contributed by atoms with Gasteiger partial charge < -0.3 is 8.85 Å². The fourth-order valence-electron chi connectivity index (χ4n) is 1.67. The topological polar surface area (TPSA) is 35.5 Å². The van der Waals surface area contributed by atoms with E-state index in [9.17, 15) is 4.79 Å². The summed E-state index contributed by atoms with van der Waals surface area (Å²) in [5.41, 5.74) is 0. The van der Waals surface area contributed by atoms with Gasteiger partial charge in [0.1, 0.15) is 5.92 Å². The van der Waals surface area contributed by atoms with Gasteiger partial charge in [-0.2, -0.15) is 0 Å². The van der Waals surface area contributed by atoms with E-state index < -0.39 is 16.6 Å². The van der Waals surface area contributed by atoms with E-state index in [1.807, 2.05) is 32.6 Å². The molecular weight excluding hydrogens is 272 g/mol. The first-order chi connectivity index (χ1) is 8.50. The molecule has 0 N–H and O–H groups in total. The van der Waals surface area contributed by atoms with Gasteiger partial charge in [-0.25, -0.2) is 0 Å². The molecule has 0 amide bonds. The molecule has 112 valence electrons. The Morgan fingerprint density at radius 1 is 1.00 bits per heavy atom. The number of rotatable bonds is 7. The molecule has 0 spiro atoms. The third-order valence-corrected chi connectivity index (χ3v) is 3.93. The van der Waals surface area contributed by atoms with Crippen LogP contribution in [0.25, 0.3) is 0 Å². The zero-order valence-electron chi connectivity index (χ0n) is 13.8. The standard InChI is InChI=1S/C14H30O3Si2/c1-9-11-13(16-18(3,4)5)12(10-2)14(15)17-19(6,7)8/h11-12H,9-10H2,1-8H3/b13-11+. The van der Waals surface area contributed by atoms with Crippen LogP contribution in [0, 0.1) is 5.92 Å². The van der Waals surface area contributed by atoms with Gasteiger partial charge in [0.05, 0.1) is 5.76 Å². The summed E-state index contributed by atoms with van der Waals surface area (Å²) in [6, 6.07) is 0. The average Bonchev–Trinajstić information content (AvgIpc) is 2.13. The van der Waals surface area contributed by atoms with Crippen molar-refractivity contribution in [3.63, 3.8) is 0 Å². The van der Waals surface area contributed by atoms with Crippen molar-refractivity contribution in [2.75, 3.05) is 0 Å². The van der Waals surface area contributed by atoms with Crippen molar-refractivity contribution >= 4 is 22.6 Å². The van der Waals surface area contributed by atoms with Crippen molar-refractivity contribution in [2.24, 2.45) is 5.92 Å². The van der Waals surface area contributed by atoms with Crippen LogP contribution in [-0.4, -0.2) is 22.6 Å². The first kappa shape index (κ1) is 18.4. The molecule has 0 fully saturated rings. The highest BCUT2D eigenvalue weighted by Crippen LogP contribution is 2.24. The quantitative estimate of drug-likeness (QED) is 0.512. The lowest BCUT2D eigenvalue weighted by atomic mass is 10.0. The molecule has 19 heavy (non-hydrogen) atoms. The third kappa shape index (κ3) is 8.26. The van der Waals surface area contributed by atoms with Gasteiger partial charge in [-0.3, -0.25) is 4.79 Å². The lowest BCUT2D eigenvalue weighted by molar-refractivity contribution is -0.139. The first-order valence-electron chi connectivity index (χ1n) is 7.12. The summed E-state index contributed by atoms with van der Waals surface area (Å²) in [5.74, 6) is 0.436. The Balaban J connectivity index is 5.06. The third-order valence-electron chi connectivity index (χ3n) is 2.27. The maximum atomic E-state index is 12.3. The van der Waals surface area contributed by atoms with Crippen molar-refractivity contribution in [1.82, 2.24) is 0 Å². The predicted molar refractivity (Wildman–Crippen MR) is 86.0 cm³/mol. The Hall–Kier alpha value is -0.556. The summed E-state index contributed by atoms with van der Waals surface area (Å²) >= 11 is 0. The van der Waals surface area contributed by atoms with Crippen LogP contribution in [0.1, 0.15) is 26.7 Å². The second-order valence-corrected chi connectivity index (χ2v) is 15.6. The lowest BCUT2D eigenvalue weighted by Gasteiger charge is -2.28. The zero-order valence-corrected chi connectivity index (χ0v) is 15.8. The van der Waals surface area contributed by atoms with Crippen LogP contribution in [-0.2, 0) is 13.6 Å². The van der Waals surface area contributed by atoms with Crippen LogP contribution >= 0.6 is 0 Å². The van der Waals surface area contributed by atoms with E-state index in [2.05, 4.69) is 26.6 Å². The van der Waals surface area contributed by atoms with Crippen molar-refractivity contribution in [1.29, 1.82) is 0 Å². The minimum absolute atomic E-state index is 0.125. The highest BCUT2D eigenvalue weighted by Gasteiger charge is 2.31. The maximum Gasteiger partial charge on any atom is 0.303 e. The fourth-order valence-corrected chi connectivity index (χ4v) is 3.35. The fraction of sp³-hybridized carbons (Fsp3) is 0.786. The smallest absolute Gasteiger partial charge is 0.303 e. The van der Waals surface area contributed by atoms with Crippen molar-refractivity contribution < 1.29 is 13.6 Å². The summed E-state index contributed by atoms with van der Waals surface area (Å²) in [4.78, 5) is 12.3. The van der Waals surface area contributed by atoms with E-state index in [4.69, 9.17) is 8.85 Å². The highest BCUT2D eigenvalue weighted by molar-refractivity contribution is 6.71. The van der Waals surface area contributed by atoms with Crippen molar-refractivity contribution in [3.05, 3.63) is 11.8 Å². The van der Waals surface area contributed by atoms with Crippen LogP contribution in [0.2, 0.25) is 39.3 Å². The average molecular weight is 303 g/mol. The highest BCUT2D eigenvalue weighted by atomic mass is 28.4. The van der Waals surface area contributed by atoms with E-state index in [0.717, 1.165) is 18.6 Å². The molecular formula is C14H30O3Si2. The van der Waals surface area contributed by atoms with E-state index in [0.29, 0.717) is 0 Å². The van der Waals surface area contributed by atoms with E-state index in [1.54, 1.807) is 0 Å². The largest absolute Gasteiger partial charge is 0.547 e. The first-order valence-corrected chi connectivity index (χ1v) is 13.9. The molecule has 0 aromatic heterocycles. The van der Waals surface area contributed by atoms with E-state index in [1.165, 1.54) is 0 Å². The van der Waals surface area contributed by atoms with Gasteiger partial charge in [-0.15, -0.1) is 0 Å². The number of allylic oxidation sites excluding steroid dienone is 1. The van der Waals surface area contributed by atoms with Gasteiger partial charge in [-0.05, 0) is 58.2 Å². The molecule has 0 saturated heterocycles. The van der Waals surface area contributed by atoms with E-state index in [-0.39, 0.29) is 11.9 Å².